The summed E-state index contributed by atoms with van der Waals surface area (Å²) in [6.07, 6.45) is 0. The molecule has 5 nitrogen and oxygen atoms in total. The molecule has 0 aliphatic heterocycles. The molecule has 0 aromatic carbocycles. The highest BCUT2D eigenvalue weighted by atomic mass is 32.2. The Hall–Kier alpha value is -0.620. The van der Waals surface area contributed by atoms with E-state index < -0.39 is 9.84 Å². The molecule has 0 rings (SSSR count). The Morgan fingerprint density at radius 3 is 2.40 bits per heavy atom. The first-order valence-electron chi connectivity index (χ1n) is 5.05. The van der Waals surface area contributed by atoms with Crippen LogP contribution in [0.25, 0.3) is 0 Å². The summed E-state index contributed by atoms with van der Waals surface area (Å²) in [5, 5.41) is 5.66. The molecule has 1 atom stereocenters. The Balaban J connectivity index is 3.67. The van der Waals surface area contributed by atoms with Gasteiger partial charge in [-0.25, -0.2) is 8.42 Å². The Bertz CT molecular complexity index is 288. The zero-order valence-corrected chi connectivity index (χ0v) is 10.4. The summed E-state index contributed by atoms with van der Waals surface area (Å²) < 4.78 is 22.5. The van der Waals surface area contributed by atoms with Gasteiger partial charge >= 0.3 is 0 Å². The largest absolute Gasteiger partial charge is 0.355 e. The van der Waals surface area contributed by atoms with Crippen LogP contribution in [0.4, 0.5) is 0 Å². The van der Waals surface area contributed by atoms with Crippen LogP contribution in [-0.2, 0) is 14.6 Å². The maximum absolute atomic E-state index is 11.2. The lowest BCUT2D eigenvalue weighted by atomic mass is 10.4. The fourth-order valence-electron chi connectivity index (χ4n) is 1.11. The summed E-state index contributed by atoms with van der Waals surface area (Å²) in [4.78, 5) is 10.5. The Labute approximate surface area is 91.5 Å². The number of nitrogens with one attached hydrogen (secondary N) is 2. The summed E-state index contributed by atoms with van der Waals surface area (Å²) in [7, 11) is -2.92. The van der Waals surface area contributed by atoms with Gasteiger partial charge in [-0.1, -0.05) is 6.92 Å². The molecule has 0 aromatic rings. The fraction of sp³-hybridized carbons (Fsp3) is 0.889. The maximum atomic E-state index is 11.2. The standard InChI is InChI=1S/C9H20N2O3S/c1-4-15(13,14)7-8(2)10-5-6-11-9(3)12/h8,10H,4-7H2,1-3H3,(H,11,12). The first-order chi connectivity index (χ1) is 6.87. The Kier molecular flexibility index (Phi) is 6.51. The van der Waals surface area contributed by atoms with Gasteiger partial charge in [0.1, 0.15) is 0 Å². The summed E-state index contributed by atoms with van der Waals surface area (Å²) in [5.41, 5.74) is 0. The third-order valence-electron chi connectivity index (χ3n) is 1.94. The molecule has 2 N–H and O–H groups in total. The lowest BCUT2D eigenvalue weighted by Gasteiger charge is -2.13. The number of amides is 1. The van der Waals surface area contributed by atoms with Crippen molar-refractivity contribution in [3.8, 4) is 0 Å². The summed E-state index contributed by atoms with van der Waals surface area (Å²) in [6, 6.07) is -0.0799. The third kappa shape index (κ3) is 8.38. The predicted molar refractivity (Wildman–Crippen MR) is 60.5 cm³/mol. The molecule has 0 fully saturated rings. The van der Waals surface area contributed by atoms with E-state index in [1.165, 1.54) is 6.92 Å². The minimum atomic E-state index is -2.92. The van der Waals surface area contributed by atoms with Crippen LogP contribution in [0.3, 0.4) is 0 Å². The molecule has 0 heterocycles. The highest BCUT2D eigenvalue weighted by Crippen LogP contribution is 1.93. The van der Waals surface area contributed by atoms with Crippen molar-refractivity contribution >= 4 is 15.7 Å². The SMILES string of the molecule is CCS(=O)(=O)CC(C)NCCNC(C)=O. The van der Waals surface area contributed by atoms with E-state index in [0.29, 0.717) is 13.1 Å². The molecule has 0 aliphatic carbocycles. The number of sulfone groups is 1. The molecule has 0 aromatic heterocycles. The van der Waals surface area contributed by atoms with Gasteiger partial charge in [-0.2, -0.15) is 0 Å². The molecule has 0 bridgehead atoms. The molecule has 0 saturated heterocycles. The van der Waals surface area contributed by atoms with Crippen LogP contribution < -0.4 is 10.6 Å². The van der Waals surface area contributed by atoms with E-state index in [0.717, 1.165) is 0 Å². The normalized spacial score (nSPS) is 13.5. The lowest BCUT2D eigenvalue weighted by Crippen LogP contribution is -2.38. The van der Waals surface area contributed by atoms with E-state index in [2.05, 4.69) is 10.6 Å². The van der Waals surface area contributed by atoms with Gasteiger partial charge in [0, 0.05) is 31.8 Å². The van der Waals surface area contributed by atoms with Crippen molar-refractivity contribution in [3.63, 3.8) is 0 Å². The minimum Gasteiger partial charge on any atom is -0.355 e. The second-order valence-electron chi connectivity index (χ2n) is 3.54. The first-order valence-corrected chi connectivity index (χ1v) is 6.87. The van der Waals surface area contributed by atoms with Crippen molar-refractivity contribution in [1.29, 1.82) is 0 Å². The van der Waals surface area contributed by atoms with Gasteiger partial charge in [0.2, 0.25) is 5.91 Å². The van der Waals surface area contributed by atoms with E-state index in [9.17, 15) is 13.2 Å². The molecular formula is C9H20N2O3S. The number of rotatable bonds is 7. The maximum Gasteiger partial charge on any atom is 0.216 e. The van der Waals surface area contributed by atoms with E-state index >= 15 is 0 Å². The average Bonchev–Trinajstić information content (AvgIpc) is 2.11. The van der Waals surface area contributed by atoms with Crippen molar-refractivity contribution in [2.75, 3.05) is 24.6 Å². The minimum absolute atomic E-state index is 0.0781. The van der Waals surface area contributed by atoms with Gasteiger partial charge in [-0.05, 0) is 6.92 Å². The topological polar surface area (TPSA) is 75.3 Å². The molecule has 1 unspecified atom stereocenters. The van der Waals surface area contributed by atoms with E-state index in [1.807, 2.05) is 6.92 Å². The molecule has 6 heteroatoms. The second kappa shape index (κ2) is 6.79. The van der Waals surface area contributed by atoms with Gasteiger partial charge in [-0.15, -0.1) is 0 Å². The smallest absolute Gasteiger partial charge is 0.216 e. The highest BCUT2D eigenvalue weighted by molar-refractivity contribution is 7.91. The molecule has 90 valence electrons. The molecule has 0 aliphatic rings. The zero-order valence-electron chi connectivity index (χ0n) is 9.54. The molecule has 0 radical (unpaired) electrons. The molecule has 15 heavy (non-hydrogen) atoms. The van der Waals surface area contributed by atoms with Crippen molar-refractivity contribution in [2.24, 2.45) is 0 Å². The van der Waals surface area contributed by atoms with Crippen molar-refractivity contribution in [3.05, 3.63) is 0 Å². The summed E-state index contributed by atoms with van der Waals surface area (Å²) in [6.45, 7) is 6.01. The highest BCUT2D eigenvalue weighted by Gasteiger charge is 2.12. The van der Waals surface area contributed by atoms with Gasteiger partial charge < -0.3 is 10.6 Å². The van der Waals surface area contributed by atoms with E-state index in [4.69, 9.17) is 0 Å². The van der Waals surface area contributed by atoms with E-state index in [1.54, 1.807) is 6.92 Å². The van der Waals surface area contributed by atoms with Crippen molar-refractivity contribution < 1.29 is 13.2 Å². The average molecular weight is 236 g/mol. The van der Waals surface area contributed by atoms with Crippen LogP contribution in [-0.4, -0.2) is 45.0 Å². The fourth-order valence-corrected chi connectivity index (χ4v) is 2.23. The van der Waals surface area contributed by atoms with Gasteiger partial charge in [0.25, 0.3) is 0 Å². The number of hydrogen-bond donors (Lipinski definition) is 2. The molecule has 0 saturated carbocycles. The Morgan fingerprint density at radius 2 is 1.93 bits per heavy atom. The van der Waals surface area contributed by atoms with Crippen LogP contribution in [0, 0.1) is 0 Å². The van der Waals surface area contributed by atoms with Crippen LogP contribution in [0.15, 0.2) is 0 Å². The quantitative estimate of drug-likeness (QED) is 0.586. The number of carbonyl (C=O) groups is 1. The van der Waals surface area contributed by atoms with Crippen LogP contribution in [0.2, 0.25) is 0 Å². The third-order valence-corrected chi connectivity index (χ3v) is 3.82. The van der Waals surface area contributed by atoms with Gasteiger partial charge in [-0.3, -0.25) is 4.79 Å². The van der Waals surface area contributed by atoms with Crippen LogP contribution >= 0.6 is 0 Å². The van der Waals surface area contributed by atoms with E-state index in [-0.39, 0.29) is 23.5 Å². The van der Waals surface area contributed by atoms with Crippen LogP contribution in [0.5, 0.6) is 0 Å². The van der Waals surface area contributed by atoms with Gasteiger partial charge in [0.15, 0.2) is 9.84 Å². The molecule has 0 spiro atoms. The molecular weight excluding hydrogens is 216 g/mol. The lowest BCUT2D eigenvalue weighted by molar-refractivity contribution is -0.118. The second-order valence-corrected chi connectivity index (χ2v) is 5.93. The van der Waals surface area contributed by atoms with Crippen LogP contribution in [0.1, 0.15) is 20.8 Å². The monoisotopic (exact) mass is 236 g/mol. The predicted octanol–water partition coefficient (Wildman–Crippen LogP) is -0.465. The van der Waals surface area contributed by atoms with Crippen molar-refractivity contribution in [1.82, 2.24) is 10.6 Å². The number of hydrogen-bond acceptors (Lipinski definition) is 4. The number of carbonyl (C=O) groups excluding carboxylic acids is 1. The molecule has 1 amide bonds. The Morgan fingerprint density at radius 1 is 1.33 bits per heavy atom. The van der Waals surface area contributed by atoms with Gasteiger partial charge in [0.05, 0.1) is 5.75 Å². The van der Waals surface area contributed by atoms with Crippen molar-refractivity contribution in [2.45, 2.75) is 26.8 Å². The zero-order chi connectivity index (χ0) is 11.9. The summed E-state index contributed by atoms with van der Waals surface area (Å²) in [5.74, 6) is 0.236. The summed E-state index contributed by atoms with van der Waals surface area (Å²) >= 11 is 0. The first kappa shape index (κ1) is 14.4.